The summed E-state index contributed by atoms with van der Waals surface area (Å²) in [7, 11) is -3.62. The summed E-state index contributed by atoms with van der Waals surface area (Å²) in [5.74, 6) is -0.422. The molecular formula is C10H9N3O3S. The van der Waals surface area contributed by atoms with Crippen LogP contribution in [0.5, 0.6) is 0 Å². The summed E-state index contributed by atoms with van der Waals surface area (Å²) in [6.45, 7) is -0.489. The van der Waals surface area contributed by atoms with Crippen molar-refractivity contribution in [2.24, 2.45) is 0 Å². The van der Waals surface area contributed by atoms with Crippen molar-refractivity contribution in [2.75, 3.05) is 17.1 Å². The van der Waals surface area contributed by atoms with Crippen molar-refractivity contribution >= 4 is 15.7 Å². The van der Waals surface area contributed by atoms with Gasteiger partial charge in [-0.05, 0) is 18.2 Å². The van der Waals surface area contributed by atoms with Crippen molar-refractivity contribution in [3.05, 3.63) is 29.3 Å². The number of nitriles is 2. The maximum Gasteiger partial charge on any atom is 0.234 e. The maximum absolute atomic E-state index is 11.3. The van der Waals surface area contributed by atoms with Gasteiger partial charge in [0, 0.05) is 5.69 Å². The number of nitrogens with zero attached hydrogens (tertiary/aromatic N) is 2. The Bertz CT molecular complexity index is 596. The third-order valence-corrected chi connectivity index (χ3v) is 3.16. The molecule has 7 heteroatoms. The van der Waals surface area contributed by atoms with E-state index in [1.807, 2.05) is 6.07 Å². The summed E-state index contributed by atoms with van der Waals surface area (Å²) in [5, 5.41) is 26.0. The monoisotopic (exact) mass is 251 g/mol. The number of aliphatic hydroxyl groups is 1. The quantitative estimate of drug-likeness (QED) is 0.791. The first-order valence-electron chi connectivity index (χ1n) is 4.58. The van der Waals surface area contributed by atoms with E-state index >= 15 is 0 Å². The Morgan fingerprint density at radius 3 is 2.41 bits per heavy atom. The van der Waals surface area contributed by atoms with Crippen LogP contribution in [0.3, 0.4) is 0 Å². The molecule has 0 fully saturated rings. The first-order valence-corrected chi connectivity index (χ1v) is 6.23. The summed E-state index contributed by atoms with van der Waals surface area (Å²) in [4.78, 5) is 0. The average Bonchev–Trinajstić information content (AvgIpc) is 2.28. The van der Waals surface area contributed by atoms with Crippen LogP contribution in [0.25, 0.3) is 0 Å². The fraction of sp³-hybridized carbons (Fsp3) is 0.200. The largest absolute Gasteiger partial charge is 0.395 e. The van der Waals surface area contributed by atoms with E-state index in [0.29, 0.717) is 0 Å². The number of nitrogens with one attached hydrogen (secondary N) is 1. The third-order valence-electron chi connectivity index (χ3n) is 1.89. The van der Waals surface area contributed by atoms with Crippen LogP contribution in [0, 0.1) is 22.7 Å². The van der Waals surface area contributed by atoms with E-state index in [0.717, 1.165) is 0 Å². The topological polar surface area (TPSA) is 114 Å². The molecule has 0 aliphatic rings. The van der Waals surface area contributed by atoms with Gasteiger partial charge < -0.3 is 5.11 Å². The van der Waals surface area contributed by atoms with Crippen molar-refractivity contribution in [3.63, 3.8) is 0 Å². The minimum atomic E-state index is -3.62. The molecule has 2 N–H and O–H groups in total. The van der Waals surface area contributed by atoms with E-state index < -0.39 is 22.4 Å². The Morgan fingerprint density at radius 2 is 1.88 bits per heavy atom. The molecule has 17 heavy (non-hydrogen) atoms. The lowest BCUT2D eigenvalue weighted by Gasteiger charge is -2.07. The first kappa shape index (κ1) is 13.0. The predicted molar refractivity (Wildman–Crippen MR) is 60.4 cm³/mol. The van der Waals surface area contributed by atoms with Gasteiger partial charge in [0.2, 0.25) is 10.0 Å². The van der Waals surface area contributed by atoms with E-state index in [1.54, 1.807) is 6.07 Å². The van der Waals surface area contributed by atoms with Gasteiger partial charge in [0.25, 0.3) is 0 Å². The van der Waals surface area contributed by atoms with Gasteiger partial charge >= 0.3 is 0 Å². The zero-order valence-corrected chi connectivity index (χ0v) is 9.53. The highest BCUT2D eigenvalue weighted by atomic mass is 32.2. The van der Waals surface area contributed by atoms with Crippen LogP contribution in [0.1, 0.15) is 11.1 Å². The Hall–Kier alpha value is -2.09. The molecule has 0 radical (unpaired) electrons. The Kier molecular flexibility index (Phi) is 4.05. The predicted octanol–water partition coefficient (Wildman–Crippen LogP) is 0.164. The molecule has 0 aliphatic heterocycles. The fourth-order valence-corrected chi connectivity index (χ4v) is 1.98. The number of hydrogen-bond acceptors (Lipinski definition) is 5. The van der Waals surface area contributed by atoms with Crippen molar-refractivity contribution in [2.45, 2.75) is 0 Å². The van der Waals surface area contributed by atoms with Crippen LogP contribution < -0.4 is 4.72 Å². The van der Waals surface area contributed by atoms with Crippen molar-refractivity contribution < 1.29 is 13.5 Å². The maximum atomic E-state index is 11.3. The second kappa shape index (κ2) is 5.30. The second-order valence-electron chi connectivity index (χ2n) is 3.13. The smallest absolute Gasteiger partial charge is 0.234 e. The number of anilines is 1. The lowest BCUT2D eigenvalue weighted by Crippen LogP contribution is -2.18. The minimum absolute atomic E-state index is 0.0942. The van der Waals surface area contributed by atoms with Crippen LogP contribution in [-0.2, 0) is 10.0 Å². The van der Waals surface area contributed by atoms with Crippen LogP contribution in [0.2, 0.25) is 0 Å². The number of hydrogen-bond donors (Lipinski definition) is 2. The SMILES string of the molecule is N#Cc1ccc(NS(=O)(=O)CCO)cc1C#N. The molecule has 6 nitrogen and oxygen atoms in total. The molecule has 1 rings (SSSR count). The Balaban J connectivity index is 3.04. The summed E-state index contributed by atoms with van der Waals surface area (Å²) < 4.78 is 24.9. The van der Waals surface area contributed by atoms with Gasteiger partial charge in [0.1, 0.15) is 12.1 Å². The van der Waals surface area contributed by atoms with Gasteiger partial charge in [-0.2, -0.15) is 10.5 Å². The summed E-state index contributed by atoms with van der Waals surface area (Å²) in [6, 6.07) is 7.63. The van der Waals surface area contributed by atoms with Crippen molar-refractivity contribution in [1.29, 1.82) is 10.5 Å². The normalized spacial score (nSPS) is 10.3. The number of sulfonamides is 1. The van der Waals surface area contributed by atoms with E-state index in [2.05, 4.69) is 4.72 Å². The van der Waals surface area contributed by atoms with E-state index in [4.69, 9.17) is 15.6 Å². The van der Waals surface area contributed by atoms with Gasteiger partial charge in [-0.3, -0.25) is 4.72 Å². The van der Waals surface area contributed by atoms with Gasteiger partial charge in [0.15, 0.2) is 0 Å². The van der Waals surface area contributed by atoms with E-state index in [1.165, 1.54) is 18.2 Å². The summed E-state index contributed by atoms with van der Waals surface area (Å²) >= 11 is 0. The van der Waals surface area contributed by atoms with Crippen LogP contribution in [0.4, 0.5) is 5.69 Å². The Labute approximate surface area is 98.8 Å². The Morgan fingerprint density at radius 1 is 1.24 bits per heavy atom. The molecular weight excluding hydrogens is 242 g/mol. The first-order chi connectivity index (χ1) is 8.02. The lowest BCUT2D eigenvalue weighted by molar-refractivity contribution is 0.320. The van der Waals surface area contributed by atoms with Gasteiger partial charge in [-0.15, -0.1) is 0 Å². The fourth-order valence-electron chi connectivity index (χ4n) is 1.15. The van der Waals surface area contributed by atoms with Crippen LogP contribution in [0.15, 0.2) is 18.2 Å². The van der Waals surface area contributed by atoms with Crippen LogP contribution >= 0.6 is 0 Å². The molecule has 0 amide bonds. The number of rotatable bonds is 4. The number of benzene rings is 1. The molecule has 0 heterocycles. The standard InChI is InChI=1S/C10H9N3O3S/c11-6-8-1-2-10(5-9(8)7-12)13-17(15,16)4-3-14/h1-2,5,13-14H,3-4H2. The highest BCUT2D eigenvalue weighted by molar-refractivity contribution is 7.92. The number of aliphatic hydroxyl groups excluding tert-OH is 1. The molecule has 1 aromatic carbocycles. The van der Waals surface area contributed by atoms with Gasteiger partial charge in [-0.1, -0.05) is 0 Å². The third kappa shape index (κ3) is 3.45. The van der Waals surface area contributed by atoms with Crippen molar-refractivity contribution in [1.82, 2.24) is 0 Å². The molecule has 0 spiro atoms. The zero-order chi connectivity index (χ0) is 12.9. The molecule has 0 saturated carbocycles. The molecule has 0 atom stereocenters. The summed E-state index contributed by atoms with van der Waals surface area (Å²) in [6.07, 6.45) is 0. The molecule has 0 bridgehead atoms. The van der Waals surface area contributed by atoms with E-state index in [-0.39, 0.29) is 16.8 Å². The van der Waals surface area contributed by atoms with Gasteiger partial charge in [0.05, 0.1) is 23.5 Å². The highest BCUT2D eigenvalue weighted by Crippen LogP contribution is 2.15. The van der Waals surface area contributed by atoms with Gasteiger partial charge in [-0.25, -0.2) is 8.42 Å². The van der Waals surface area contributed by atoms with Crippen LogP contribution in [-0.4, -0.2) is 25.9 Å². The molecule has 0 aromatic heterocycles. The molecule has 0 aliphatic carbocycles. The summed E-state index contributed by atoms with van der Waals surface area (Å²) in [5.41, 5.74) is 0.461. The second-order valence-corrected chi connectivity index (χ2v) is 4.97. The zero-order valence-electron chi connectivity index (χ0n) is 8.71. The minimum Gasteiger partial charge on any atom is -0.395 e. The van der Waals surface area contributed by atoms with E-state index in [9.17, 15) is 8.42 Å². The lowest BCUT2D eigenvalue weighted by atomic mass is 10.1. The molecule has 1 aromatic rings. The van der Waals surface area contributed by atoms with Crippen molar-refractivity contribution in [3.8, 4) is 12.1 Å². The molecule has 88 valence electrons. The highest BCUT2D eigenvalue weighted by Gasteiger charge is 2.10. The molecule has 0 unspecified atom stereocenters. The molecule has 0 saturated heterocycles. The average molecular weight is 251 g/mol.